The van der Waals surface area contributed by atoms with Crippen molar-refractivity contribution in [2.24, 2.45) is 0 Å². The normalized spacial score (nSPS) is 10.4. The molecule has 6 heteroatoms. The van der Waals surface area contributed by atoms with Gasteiger partial charge in [-0.1, -0.05) is 42.5 Å². The summed E-state index contributed by atoms with van der Waals surface area (Å²) in [6, 6.07) is 12.3. The predicted molar refractivity (Wildman–Crippen MR) is 107 cm³/mol. The van der Waals surface area contributed by atoms with Crippen LogP contribution in [-0.2, 0) is 14.3 Å². The van der Waals surface area contributed by atoms with Crippen LogP contribution in [0.15, 0.2) is 61.2 Å². The van der Waals surface area contributed by atoms with Crippen LogP contribution in [0.3, 0.4) is 0 Å². The van der Waals surface area contributed by atoms with E-state index in [9.17, 15) is 9.59 Å². The molecule has 0 saturated carbocycles. The number of carbonyl (C=O) groups is 2. The number of amides is 1. The van der Waals surface area contributed by atoms with Gasteiger partial charge in [-0.3, -0.25) is 4.79 Å². The van der Waals surface area contributed by atoms with Crippen molar-refractivity contribution in [1.29, 1.82) is 0 Å². The minimum absolute atomic E-state index is 0.385. The second kappa shape index (κ2) is 10.2. The maximum atomic E-state index is 11.9. The molecular formula is C21H20ClNO4. The molecule has 0 radical (unpaired) electrons. The number of anilines is 1. The van der Waals surface area contributed by atoms with Gasteiger partial charge in [-0.15, -0.1) is 0 Å². The summed E-state index contributed by atoms with van der Waals surface area (Å²) in [5, 5.41) is 3.17. The van der Waals surface area contributed by atoms with Crippen molar-refractivity contribution in [3.05, 3.63) is 77.3 Å². The van der Waals surface area contributed by atoms with Crippen molar-refractivity contribution >= 4 is 35.2 Å². The van der Waals surface area contributed by atoms with E-state index in [1.807, 2.05) is 6.92 Å². The van der Waals surface area contributed by atoms with Crippen molar-refractivity contribution in [1.82, 2.24) is 0 Å². The lowest BCUT2D eigenvalue weighted by atomic mass is 10.2. The molecule has 27 heavy (non-hydrogen) atoms. The van der Waals surface area contributed by atoms with Gasteiger partial charge in [0.25, 0.3) is 5.91 Å². The smallest absolute Gasteiger partial charge is 0.331 e. The highest BCUT2D eigenvalue weighted by molar-refractivity contribution is 6.31. The van der Waals surface area contributed by atoms with Crippen LogP contribution in [0, 0.1) is 6.92 Å². The summed E-state index contributed by atoms with van der Waals surface area (Å²) in [4.78, 5) is 23.7. The number of esters is 1. The molecule has 1 amide bonds. The summed E-state index contributed by atoms with van der Waals surface area (Å²) in [5.41, 5.74) is 2.24. The number of ether oxygens (including phenoxy) is 2. The average molecular weight is 386 g/mol. The molecule has 5 nitrogen and oxygen atoms in total. The van der Waals surface area contributed by atoms with Crippen molar-refractivity contribution < 1.29 is 19.1 Å². The molecule has 2 rings (SSSR count). The zero-order valence-corrected chi connectivity index (χ0v) is 15.7. The zero-order chi connectivity index (χ0) is 19.6. The number of rotatable bonds is 8. The number of aryl methyl sites for hydroxylation is 1. The minimum atomic E-state index is -0.611. The molecule has 1 N–H and O–H groups in total. The van der Waals surface area contributed by atoms with Gasteiger partial charge in [0.2, 0.25) is 0 Å². The summed E-state index contributed by atoms with van der Waals surface area (Å²) < 4.78 is 10.3. The van der Waals surface area contributed by atoms with E-state index in [0.29, 0.717) is 23.1 Å². The van der Waals surface area contributed by atoms with Gasteiger partial charge in [-0.05, 0) is 48.4 Å². The summed E-state index contributed by atoms with van der Waals surface area (Å²) in [5.74, 6) is -0.339. The lowest BCUT2D eigenvalue weighted by Crippen LogP contribution is -2.20. The van der Waals surface area contributed by atoms with Gasteiger partial charge in [0.15, 0.2) is 6.61 Å². The lowest BCUT2D eigenvalue weighted by molar-refractivity contribution is -0.142. The molecule has 0 bridgehead atoms. The molecule has 0 aromatic heterocycles. The Morgan fingerprint density at radius 1 is 1.19 bits per heavy atom. The van der Waals surface area contributed by atoms with Crippen LogP contribution >= 0.6 is 11.6 Å². The Labute approximate surface area is 163 Å². The fraction of sp³-hybridized carbons (Fsp3) is 0.143. The second-order valence-electron chi connectivity index (χ2n) is 5.62. The summed E-state index contributed by atoms with van der Waals surface area (Å²) >= 11 is 5.90. The van der Waals surface area contributed by atoms with E-state index >= 15 is 0 Å². The zero-order valence-electron chi connectivity index (χ0n) is 14.9. The van der Waals surface area contributed by atoms with E-state index in [0.717, 1.165) is 11.1 Å². The Balaban J connectivity index is 1.81. The largest absolute Gasteiger partial charge is 0.490 e. The first-order valence-corrected chi connectivity index (χ1v) is 8.60. The van der Waals surface area contributed by atoms with Crippen molar-refractivity contribution in [2.75, 3.05) is 18.5 Å². The molecule has 0 fully saturated rings. The Bertz CT molecular complexity index is 844. The molecule has 140 valence electrons. The Morgan fingerprint density at radius 3 is 2.63 bits per heavy atom. The van der Waals surface area contributed by atoms with Gasteiger partial charge in [0.1, 0.15) is 12.4 Å². The van der Waals surface area contributed by atoms with Crippen molar-refractivity contribution in [2.45, 2.75) is 6.92 Å². The fourth-order valence-electron chi connectivity index (χ4n) is 2.09. The number of hydrogen-bond acceptors (Lipinski definition) is 4. The van der Waals surface area contributed by atoms with Crippen LogP contribution in [0.4, 0.5) is 5.69 Å². The van der Waals surface area contributed by atoms with E-state index in [1.54, 1.807) is 54.6 Å². The van der Waals surface area contributed by atoms with E-state index < -0.39 is 11.9 Å². The molecule has 0 unspecified atom stereocenters. The molecule has 0 spiro atoms. The predicted octanol–water partition coefficient (Wildman–Crippen LogP) is 4.41. The standard InChI is InChI=1S/C21H20ClNO4/c1-3-12-26-18-9-5-16(6-10-18)7-11-21(25)27-14-20(24)23-19-13-17(22)8-4-15(19)2/h3-11,13H,1,12,14H2,2H3,(H,23,24)/b11-7+. The molecule has 0 atom stereocenters. The fourth-order valence-corrected chi connectivity index (χ4v) is 2.27. The van der Waals surface area contributed by atoms with E-state index in [2.05, 4.69) is 11.9 Å². The summed E-state index contributed by atoms with van der Waals surface area (Å²) in [6.07, 6.45) is 4.52. The third-order valence-electron chi connectivity index (χ3n) is 3.48. The minimum Gasteiger partial charge on any atom is -0.490 e. The first-order valence-electron chi connectivity index (χ1n) is 8.22. The number of halogens is 1. The third kappa shape index (κ3) is 6.99. The molecular weight excluding hydrogens is 366 g/mol. The quantitative estimate of drug-likeness (QED) is 0.415. The topological polar surface area (TPSA) is 64.6 Å². The highest BCUT2D eigenvalue weighted by atomic mass is 35.5. The van der Waals surface area contributed by atoms with Crippen LogP contribution in [0.1, 0.15) is 11.1 Å². The first kappa shape index (κ1) is 20.3. The van der Waals surface area contributed by atoms with E-state index in [1.165, 1.54) is 6.08 Å². The van der Waals surface area contributed by atoms with Gasteiger partial charge in [0, 0.05) is 16.8 Å². The second-order valence-corrected chi connectivity index (χ2v) is 6.05. The number of benzene rings is 2. The SMILES string of the molecule is C=CCOc1ccc(/C=C/C(=O)OCC(=O)Nc2cc(Cl)ccc2C)cc1. The number of hydrogen-bond donors (Lipinski definition) is 1. The van der Waals surface area contributed by atoms with Crippen molar-refractivity contribution in [3.8, 4) is 5.75 Å². The summed E-state index contributed by atoms with van der Waals surface area (Å²) in [7, 11) is 0. The molecule has 0 aliphatic carbocycles. The Kier molecular flexibility index (Phi) is 7.64. The maximum Gasteiger partial charge on any atom is 0.331 e. The average Bonchev–Trinajstić information content (AvgIpc) is 2.66. The van der Waals surface area contributed by atoms with Crippen molar-refractivity contribution in [3.63, 3.8) is 0 Å². The van der Waals surface area contributed by atoms with Gasteiger partial charge in [-0.2, -0.15) is 0 Å². The molecule has 0 heterocycles. The van der Waals surface area contributed by atoms with E-state index in [-0.39, 0.29) is 6.61 Å². The third-order valence-corrected chi connectivity index (χ3v) is 3.71. The highest BCUT2D eigenvalue weighted by Crippen LogP contribution is 2.20. The van der Waals surface area contributed by atoms with Gasteiger partial charge < -0.3 is 14.8 Å². The van der Waals surface area contributed by atoms with Crippen LogP contribution in [0.2, 0.25) is 5.02 Å². The van der Waals surface area contributed by atoms with Crippen LogP contribution in [0.25, 0.3) is 6.08 Å². The van der Waals surface area contributed by atoms with E-state index in [4.69, 9.17) is 21.1 Å². The Morgan fingerprint density at radius 2 is 1.93 bits per heavy atom. The molecule has 0 aliphatic heterocycles. The van der Waals surface area contributed by atoms with Gasteiger partial charge >= 0.3 is 5.97 Å². The highest BCUT2D eigenvalue weighted by Gasteiger charge is 2.08. The first-order chi connectivity index (χ1) is 13.0. The number of carbonyl (C=O) groups excluding carboxylic acids is 2. The summed E-state index contributed by atoms with van der Waals surface area (Å²) in [6.45, 7) is 5.47. The Hall–Kier alpha value is -3.05. The molecule has 0 aliphatic rings. The monoisotopic (exact) mass is 385 g/mol. The molecule has 2 aromatic carbocycles. The van der Waals surface area contributed by atoms with Crippen LogP contribution < -0.4 is 10.1 Å². The molecule has 0 saturated heterocycles. The van der Waals surface area contributed by atoms with Crippen LogP contribution in [-0.4, -0.2) is 25.1 Å². The van der Waals surface area contributed by atoms with Gasteiger partial charge in [0.05, 0.1) is 0 Å². The maximum absolute atomic E-state index is 11.9. The molecule has 2 aromatic rings. The lowest BCUT2D eigenvalue weighted by Gasteiger charge is -2.08. The van der Waals surface area contributed by atoms with Gasteiger partial charge in [-0.25, -0.2) is 4.79 Å². The number of nitrogens with one attached hydrogen (secondary N) is 1. The van der Waals surface area contributed by atoms with Crippen LogP contribution in [0.5, 0.6) is 5.75 Å².